The van der Waals surface area contributed by atoms with Crippen molar-refractivity contribution in [2.24, 2.45) is 0 Å². The minimum atomic E-state index is -0.251. The Morgan fingerprint density at radius 2 is 2.53 bits per heavy atom. The number of hydrogen-bond donors (Lipinski definition) is 3. The predicted molar refractivity (Wildman–Crippen MR) is 62.4 cm³/mol. The standard InChI is InChI=1S/C10H14N6O/c1-8(6-16-3-2-11-7-16)14-10(17)15-9-4-12-13-5-9/h2-5,7-8H,6H2,1H3,(H,12,13)(H2,14,15,17)/t8-/m0/s1. The van der Waals surface area contributed by atoms with Gasteiger partial charge in [0.1, 0.15) is 0 Å². The summed E-state index contributed by atoms with van der Waals surface area (Å²) >= 11 is 0. The summed E-state index contributed by atoms with van der Waals surface area (Å²) in [4.78, 5) is 15.5. The maximum absolute atomic E-state index is 11.6. The van der Waals surface area contributed by atoms with E-state index in [4.69, 9.17) is 0 Å². The van der Waals surface area contributed by atoms with Gasteiger partial charge in [0.2, 0.25) is 0 Å². The van der Waals surface area contributed by atoms with Crippen LogP contribution in [-0.4, -0.2) is 31.8 Å². The summed E-state index contributed by atoms with van der Waals surface area (Å²) in [5.74, 6) is 0. The predicted octanol–water partition coefficient (Wildman–Crippen LogP) is 0.816. The highest BCUT2D eigenvalue weighted by Gasteiger charge is 2.07. The van der Waals surface area contributed by atoms with E-state index >= 15 is 0 Å². The topological polar surface area (TPSA) is 87.6 Å². The van der Waals surface area contributed by atoms with Crippen LogP contribution in [-0.2, 0) is 6.54 Å². The van der Waals surface area contributed by atoms with Gasteiger partial charge in [0.05, 0.1) is 18.2 Å². The van der Waals surface area contributed by atoms with Crippen LogP contribution in [0.1, 0.15) is 6.92 Å². The molecule has 2 aromatic rings. The number of imidazole rings is 1. The summed E-state index contributed by atoms with van der Waals surface area (Å²) in [7, 11) is 0. The third kappa shape index (κ3) is 3.33. The maximum atomic E-state index is 11.6. The second-order valence-corrected chi connectivity index (χ2v) is 3.75. The first-order chi connectivity index (χ1) is 8.24. The average Bonchev–Trinajstić information content (AvgIpc) is 2.90. The maximum Gasteiger partial charge on any atom is 0.319 e. The zero-order valence-electron chi connectivity index (χ0n) is 9.42. The summed E-state index contributed by atoms with van der Waals surface area (Å²) < 4.78 is 1.91. The van der Waals surface area contributed by atoms with Crippen molar-refractivity contribution in [3.05, 3.63) is 31.1 Å². The molecule has 2 heterocycles. The fourth-order valence-electron chi connectivity index (χ4n) is 1.47. The first kappa shape index (κ1) is 11.2. The molecule has 0 fully saturated rings. The Hall–Kier alpha value is -2.31. The highest BCUT2D eigenvalue weighted by Crippen LogP contribution is 2.00. The van der Waals surface area contributed by atoms with Gasteiger partial charge in [-0.2, -0.15) is 5.10 Å². The molecule has 2 rings (SSSR count). The number of aromatic nitrogens is 4. The SMILES string of the molecule is C[C@@H](Cn1ccnc1)NC(=O)Nc1cn[nH]c1. The largest absolute Gasteiger partial charge is 0.335 e. The molecule has 3 N–H and O–H groups in total. The third-order valence-corrected chi connectivity index (χ3v) is 2.18. The number of rotatable bonds is 4. The highest BCUT2D eigenvalue weighted by atomic mass is 16.2. The van der Waals surface area contributed by atoms with Gasteiger partial charge in [0.25, 0.3) is 0 Å². The molecule has 17 heavy (non-hydrogen) atoms. The Balaban J connectivity index is 1.78. The molecule has 0 aromatic carbocycles. The molecule has 0 aliphatic carbocycles. The average molecular weight is 234 g/mol. The van der Waals surface area contributed by atoms with Gasteiger partial charge in [0, 0.05) is 31.2 Å². The quantitative estimate of drug-likeness (QED) is 0.731. The van der Waals surface area contributed by atoms with Gasteiger partial charge in [-0.3, -0.25) is 5.10 Å². The third-order valence-electron chi connectivity index (χ3n) is 2.18. The van der Waals surface area contributed by atoms with E-state index in [1.165, 1.54) is 0 Å². The molecule has 0 saturated heterocycles. The van der Waals surface area contributed by atoms with Gasteiger partial charge in [-0.15, -0.1) is 0 Å². The number of nitrogens with zero attached hydrogens (tertiary/aromatic N) is 3. The zero-order valence-corrected chi connectivity index (χ0v) is 9.42. The number of hydrogen-bond acceptors (Lipinski definition) is 3. The molecule has 1 atom stereocenters. The van der Waals surface area contributed by atoms with Crippen LogP contribution >= 0.6 is 0 Å². The van der Waals surface area contributed by atoms with E-state index in [9.17, 15) is 4.79 Å². The molecule has 7 nitrogen and oxygen atoms in total. The lowest BCUT2D eigenvalue weighted by molar-refractivity contribution is 0.248. The van der Waals surface area contributed by atoms with Gasteiger partial charge in [-0.1, -0.05) is 0 Å². The number of carbonyl (C=O) groups excluding carboxylic acids is 1. The minimum Gasteiger partial charge on any atom is -0.335 e. The summed E-state index contributed by atoms with van der Waals surface area (Å²) in [6.07, 6.45) is 8.43. The van der Waals surface area contributed by atoms with Crippen LogP contribution in [0.2, 0.25) is 0 Å². The van der Waals surface area contributed by atoms with Crippen LogP contribution in [0.25, 0.3) is 0 Å². The van der Waals surface area contributed by atoms with Crippen molar-refractivity contribution in [3.8, 4) is 0 Å². The van der Waals surface area contributed by atoms with Crippen molar-refractivity contribution in [3.63, 3.8) is 0 Å². The number of urea groups is 1. The van der Waals surface area contributed by atoms with Crippen LogP contribution in [0.3, 0.4) is 0 Å². The number of anilines is 1. The van der Waals surface area contributed by atoms with Crippen molar-refractivity contribution in [1.82, 2.24) is 25.1 Å². The number of nitrogens with one attached hydrogen (secondary N) is 3. The summed E-state index contributed by atoms with van der Waals surface area (Å²) in [5.41, 5.74) is 0.636. The molecule has 7 heteroatoms. The van der Waals surface area contributed by atoms with Gasteiger partial charge in [-0.25, -0.2) is 9.78 Å². The molecule has 0 spiro atoms. The second kappa shape index (κ2) is 5.15. The number of carbonyl (C=O) groups is 1. The molecule has 0 bridgehead atoms. The number of amides is 2. The fraction of sp³-hybridized carbons (Fsp3) is 0.300. The van der Waals surface area contributed by atoms with Crippen LogP contribution in [0.5, 0.6) is 0 Å². The summed E-state index contributed by atoms with van der Waals surface area (Å²) in [6, 6.07) is -0.241. The molecule has 0 aliphatic rings. The molecule has 0 radical (unpaired) electrons. The van der Waals surface area contributed by atoms with Gasteiger partial charge in [-0.05, 0) is 6.92 Å². The number of H-pyrrole nitrogens is 1. The van der Waals surface area contributed by atoms with E-state index in [-0.39, 0.29) is 12.1 Å². The second-order valence-electron chi connectivity index (χ2n) is 3.75. The van der Waals surface area contributed by atoms with Crippen molar-refractivity contribution in [1.29, 1.82) is 0 Å². The monoisotopic (exact) mass is 234 g/mol. The Morgan fingerprint density at radius 3 is 3.18 bits per heavy atom. The van der Waals surface area contributed by atoms with Crippen molar-refractivity contribution in [2.45, 2.75) is 19.5 Å². The lowest BCUT2D eigenvalue weighted by atomic mass is 10.3. The highest BCUT2D eigenvalue weighted by molar-refractivity contribution is 5.88. The number of aromatic amines is 1. The molecular formula is C10H14N6O. The Morgan fingerprint density at radius 1 is 1.65 bits per heavy atom. The molecule has 0 unspecified atom stereocenters. The van der Waals surface area contributed by atoms with Crippen LogP contribution in [0.15, 0.2) is 31.1 Å². The summed E-state index contributed by atoms with van der Waals surface area (Å²) in [6.45, 7) is 2.60. The lowest BCUT2D eigenvalue weighted by Crippen LogP contribution is -2.38. The fourth-order valence-corrected chi connectivity index (χ4v) is 1.47. The van der Waals surface area contributed by atoms with E-state index in [1.807, 2.05) is 17.7 Å². The summed E-state index contributed by atoms with van der Waals surface area (Å²) in [5, 5.41) is 11.8. The molecule has 0 aliphatic heterocycles. The van der Waals surface area contributed by atoms with E-state index in [2.05, 4.69) is 25.8 Å². The molecule has 2 amide bonds. The molecule has 0 saturated carbocycles. The zero-order chi connectivity index (χ0) is 12.1. The van der Waals surface area contributed by atoms with Crippen LogP contribution in [0.4, 0.5) is 10.5 Å². The molecular weight excluding hydrogens is 220 g/mol. The van der Waals surface area contributed by atoms with Gasteiger partial charge >= 0.3 is 6.03 Å². The van der Waals surface area contributed by atoms with E-state index in [1.54, 1.807) is 24.9 Å². The van der Waals surface area contributed by atoms with Crippen molar-refractivity contribution >= 4 is 11.7 Å². The van der Waals surface area contributed by atoms with E-state index in [0.717, 1.165) is 0 Å². The normalized spacial score (nSPS) is 12.1. The van der Waals surface area contributed by atoms with Crippen molar-refractivity contribution < 1.29 is 4.79 Å². The Labute approximate surface area is 98.2 Å². The first-order valence-electron chi connectivity index (χ1n) is 5.26. The smallest absolute Gasteiger partial charge is 0.319 e. The van der Waals surface area contributed by atoms with Crippen LogP contribution < -0.4 is 10.6 Å². The molecule has 90 valence electrons. The van der Waals surface area contributed by atoms with Gasteiger partial charge in [0.15, 0.2) is 0 Å². The lowest BCUT2D eigenvalue weighted by Gasteiger charge is -2.14. The van der Waals surface area contributed by atoms with Crippen LogP contribution in [0, 0.1) is 0 Å². The van der Waals surface area contributed by atoms with E-state index in [0.29, 0.717) is 12.2 Å². The van der Waals surface area contributed by atoms with Gasteiger partial charge < -0.3 is 15.2 Å². The Kier molecular flexibility index (Phi) is 3.39. The van der Waals surface area contributed by atoms with Crippen molar-refractivity contribution in [2.75, 3.05) is 5.32 Å². The minimum absolute atomic E-state index is 0.0103. The van der Waals surface area contributed by atoms with E-state index < -0.39 is 0 Å². The Bertz CT molecular complexity index is 449. The molecule has 2 aromatic heterocycles. The first-order valence-corrected chi connectivity index (χ1v) is 5.26.